The highest BCUT2D eigenvalue weighted by atomic mass is 32.2. The minimum Gasteiger partial charge on any atom is -0.493 e. The van der Waals surface area contributed by atoms with Crippen LogP contribution in [0.3, 0.4) is 0 Å². The molecule has 30 heavy (non-hydrogen) atoms. The number of anilines is 1. The quantitative estimate of drug-likeness (QED) is 0.609. The summed E-state index contributed by atoms with van der Waals surface area (Å²) in [5.41, 5.74) is 5.12. The molecule has 0 unspecified atom stereocenters. The van der Waals surface area contributed by atoms with Crippen molar-refractivity contribution < 1.29 is 27.5 Å². The number of nitrogens with one attached hydrogen (secondary N) is 2. The van der Waals surface area contributed by atoms with Gasteiger partial charge in [0.1, 0.15) is 0 Å². The molecule has 0 heterocycles. The summed E-state index contributed by atoms with van der Waals surface area (Å²) in [7, 11) is -0.905. The molecule has 2 amide bonds. The second-order valence-electron chi connectivity index (χ2n) is 7.45. The number of rotatable bonds is 7. The summed E-state index contributed by atoms with van der Waals surface area (Å²) >= 11 is 0. The van der Waals surface area contributed by atoms with Gasteiger partial charge in [-0.2, -0.15) is 0 Å². The van der Waals surface area contributed by atoms with E-state index in [9.17, 15) is 18.0 Å². The molecule has 0 saturated heterocycles. The van der Waals surface area contributed by atoms with E-state index in [-0.39, 0.29) is 27.5 Å². The third kappa shape index (κ3) is 5.49. The second kappa shape index (κ2) is 8.72. The van der Waals surface area contributed by atoms with Crippen LogP contribution >= 0.6 is 0 Å². The summed E-state index contributed by atoms with van der Waals surface area (Å²) < 4.78 is 37.6. The van der Waals surface area contributed by atoms with Gasteiger partial charge in [0.15, 0.2) is 11.5 Å². The average molecular weight is 436 g/mol. The van der Waals surface area contributed by atoms with E-state index in [0.717, 1.165) is 0 Å². The average Bonchev–Trinajstić information content (AvgIpc) is 2.65. The summed E-state index contributed by atoms with van der Waals surface area (Å²) in [5, 5.41) is 2.59. The number of nitrogens with two attached hydrogens (primary N) is 1. The lowest BCUT2D eigenvalue weighted by atomic mass is 10.1. The number of methoxy groups -OCH3 is 2. The van der Waals surface area contributed by atoms with E-state index < -0.39 is 27.4 Å². The molecule has 0 aliphatic carbocycles. The van der Waals surface area contributed by atoms with Crippen molar-refractivity contribution >= 4 is 27.5 Å². The SMILES string of the molecule is COc1cc(NC(=O)c2ccc(S(=O)(=O)NC(C)(C)C)cc2)c(C(N)=O)cc1OC. The Bertz CT molecular complexity index is 1060. The topological polar surface area (TPSA) is 137 Å². The summed E-state index contributed by atoms with van der Waals surface area (Å²) in [6.07, 6.45) is 0. The molecular formula is C20H25N3O6S. The molecule has 0 aliphatic heterocycles. The molecule has 4 N–H and O–H groups in total. The highest BCUT2D eigenvalue weighted by Crippen LogP contribution is 2.33. The van der Waals surface area contributed by atoms with E-state index in [2.05, 4.69) is 10.0 Å². The number of sulfonamides is 1. The van der Waals surface area contributed by atoms with Crippen molar-refractivity contribution in [3.05, 3.63) is 47.5 Å². The van der Waals surface area contributed by atoms with Crippen molar-refractivity contribution in [3.63, 3.8) is 0 Å². The Kier molecular flexibility index (Phi) is 6.73. The van der Waals surface area contributed by atoms with Crippen LogP contribution in [-0.4, -0.2) is 40.0 Å². The fourth-order valence-corrected chi connectivity index (χ4v) is 4.05. The summed E-state index contributed by atoms with van der Waals surface area (Å²) in [5.74, 6) is -0.740. The Morgan fingerprint density at radius 2 is 1.50 bits per heavy atom. The predicted molar refractivity (Wildman–Crippen MR) is 113 cm³/mol. The van der Waals surface area contributed by atoms with Crippen molar-refractivity contribution in [2.45, 2.75) is 31.2 Å². The van der Waals surface area contributed by atoms with Crippen LogP contribution in [0.2, 0.25) is 0 Å². The van der Waals surface area contributed by atoms with E-state index >= 15 is 0 Å². The first-order valence-electron chi connectivity index (χ1n) is 8.89. The van der Waals surface area contributed by atoms with Crippen LogP contribution in [0.4, 0.5) is 5.69 Å². The Hall–Kier alpha value is -3.11. The first-order valence-corrected chi connectivity index (χ1v) is 10.4. The van der Waals surface area contributed by atoms with Crippen LogP contribution in [0.1, 0.15) is 41.5 Å². The number of amides is 2. The fourth-order valence-electron chi connectivity index (χ4n) is 2.63. The molecular weight excluding hydrogens is 410 g/mol. The van der Waals surface area contributed by atoms with Gasteiger partial charge in [-0.05, 0) is 51.1 Å². The number of carbonyl (C=O) groups excluding carboxylic acids is 2. The third-order valence-corrected chi connectivity index (χ3v) is 5.68. The zero-order chi connectivity index (χ0) is 22.7. The van der Waals surface area contributed by atoms with Gasteiger partial charge in [0.2, 0.25) is 10.0 Å². The van der Waals surface area contributed by atoms with Gasteiger partial charge in [0.25, 0.3) is 11.8 Å². The van der Waals surface area contributed by atoms with Gasteiger partial charge < -0.3 is 20.5 Å². The maximum Gasteiger partial charge on any atom is 0.255 e. The molecule has 0 atom stereocenters. The fraction of sp³-hybridized carbons (Fsp3) is 0.300. The molecule has 2 aromatic carbocycles. The standard InChI is InChI=1S/C20H25N3O6S/c1-20(2,3)23-30(26,27)13-8-6-12(7-9-13)19(25)22-15-11-17(29-5)16(28-4)10-14(15)18(21)24/h6-11,23H,1-5H3,(H2,21,24)(H,22,25). The summed E-state index contributed by atoms with van der Waals surface area (Å²) in [4.78, 5) is 24.4. The third-order valence-electron chi connectivity index (χ3n) is 3.90. The lowest BCUT2D eigenvalue weighted by Gasteiger charge is -2.20. The predicted octanol–water partition coefficient (Wildman–Crippen LogP) is 2.13. The number of benzene rings is 2. The summed E-state index contributed by atoms with van der Waals surface area (Å²) in [6, 6.07) is 8.18. The molecule has 9 nitrogen and oxygen atoms in total. The molecule has 0 aromatic heterocycles. The van der Waals surface area contributed by atoms with Gasteiger partial charge in [-0.25, -0.2) is 13.1 Å². The van der Waals surface area contributed by atoms with E-state index in [0.29, 0.717) is 5.75 Å². The zero-order valence-corrected chi connectivity index (χ0v) is 18.2. The lowest BCUT2D eigenvalue weighted by Crippen LogP contribution is -2.40. The number of hydrogen-bond donors (Lipinski definition) is 3. The molecule has 2 rings (SSSR count). The molecule has 0 fully saturated rings. The molecule has 0 aliphatic rings. The van der Waals surface area contributed by atoms with Crippen LogP contribution in [-0.2, 0) is 10.0 Å². The smallest absolute Gasteiger partial charge is 0.255 e. The summed E-state index contributed by atoms with van der Waals surface area (Å²) in [6.45, 7) is 5.18. The second-order valence-corrected chi connectivity index (χ2v) is 9.13. The molecule has 0 bridgehead atoms. The van der Waals surface area contributed by atoms with Crippen molar-refractivity contribution in [2.75, 3.05) is 19.5 Å². The van der Waals surface area contributed by atoms with Crippen molar-refractivity contribution in [2.24, 2.45) is 5.73 Å². The van der Waals surface area contributed by atoms with Crippen LogP contribution < -0.4 is 25.2 Å². The van der Waals surface area contributed by atoms with E-state index in [1.807, 2.05) is 0 Å². The van der Waals surface area contributed by atoms with Crippen LogP contribution in [0.25, 0.3) is 0 Å². The number of carbonyl (C=O) groups is 2. The van der Waals surface area contributed by atoms with Crippen LogP contribution in [0.15, 0.2) is 41.3 Å². The lowest BCUT2D eigenvalue weighted by molar-refractivity contribution is 0.100. The Morgan fingerprint density at radius 3 is 1.97 bits per heavy atom. The maximum atomic E-state index is 12.6. The van der Waals surface area contributed by atoms with Gasteiger partial charge in [-0.3, -0.25) is 9.59 Å². The Balaban J connectivity index is 2.32. The van der Waals surface area contributed by atoms with E-state index in [1.54, 1.807) is 20.8 Å². The van der Waals surface area contributed by atoms with Crippen molar-refractivity contribution in [3.8, 4) is 11.5 Å². The van der Waals surface area contributed by atoms with Gasteiger partial charge in [0.05, 0.1) is 30.4 Å². The highest BCUT2D eigenvalue weighted by molar-refractivity contribution is 7.89. The van der Waals surface area contributed by atoms with Gasteiger partial charge in [-0.1, -0.05) is 0 Å². The van der Waals surface area contributed by atoms with Crippen molar-refractivity contribution in [1.29, 1.82) is 0 Å². The molecule has 0 radical (unpaired) electrons. The van der Waals surface area contributed by atoms with E-state index in [4.69, 9.17) is 15.2 Å². The molecule has 0 spiro atoms. The molecule has 0 saturated carbocycles. The normalized spacial score (nSPS) is 11.6. The zero-order valence-electron chi connectivity index (χ0n) is 17.4. The Morgan fingerprint density at radius 1 is 0.967 bits per heavy atom. The van der Waals surface area contributed by atoms with E-state index in [1.165, 1.54) is 50.6 Å². The monoisotopic (exact) mass is 435 g/mol. The minimum absolute atomic E-state index is 0.0258. The van der Waals surface area contributed by atoms with Gasteiger partial charge >= 0.3 is 0 Å². The number of primary amides is 1. The van der Waals surface area contributed by atoms with Crippen LogP contribution in [0, 0.1) is 0 Å². The van der Waals surface area contributed by atoms with Crippen LogP contribution in [0.5, 0.6) is 11.5 Å². The van der Waals surface area contributed by atoms with Gasteiger partial charge in [-0.15, -0.1) is 0 Å². The van der Waals surface area contributed by atoms with Crippen molar-refractivity contribution in [1.82, 2.24) is 4.72 Å². The maximum absolute atomic E-state index is 12.6. The molecule has 162 valence electrons. The first kappa shape index (κ1) is 23.2. The number of ether oxygens (including phenoxy) is 2. The van der Waals surface area contributed by atoms with Gasteiger partial charge in [0, 0.05) is 17.2 Å². The number of hydrogen-bond acceptors (Lipinski definition) is 6. The Labute approximate surface area is 175 Å². The first-order chi connectivity index (χ1) is 13.9. The highest BCUT2D eigenvalue weighted by Gasteiger charge is 2.22. The largest absolute Gasteiger partial charge is 0.493 e. The molecule has 10 heteroatoms. The minimum atomic E-state index is -3.73. The molecule has 2 aromatic rings.